The van der Waals surface area contributed by atoms with Crippen LogP contribution in [-0.2, 0) is 10.0 Å². The summed E-state index contributed by atoms with van der Waals surface area (Å²) in [6.07, 6.45) is 1.73. The van der Waals surface area contributed by atoms with Gasteiger partial charge in [-0.1, -0.05) is 6.07 Å². The molecule has 0 aliphatic carbocycles. The van der Waals surface area contributed by atoms with Gasteiger partial charge in [0.05, 0.1) is 4.92 Å². The van der Waals surface area contributed by atoms with E-state index in [4.69, 9.17) is 0 Å². The van der Waals surface area contributed by atoms with Crippen molar-refractivity contribution in [2.24, 2.45) is 5.92 Å². The van der Waals surface area contributed by atoms with Gasteiger partial charge in [-0.05, 0) is 57.3 Å². The van der Waals surface area contributed by atoms with Gasteiger partial charge < -0.3 is 5.32 Å². The van der Waals surface area contributed by atoms with Gasteiger partial charge in [0, 0.05) is 19.2 Å². The molecular weight excluding hydrogens is 354 g/mol. The van der Waals surface area contributed by atoms with E-state index in [1.165, 1.54) is 10.4 Å². The minimum atomic E-state index is -3.88. The summed E-state index contributed by atoms with van der Waals surface area (Å²) in [5.41, 5.74) is 0.844. The largest absolute Gasteiger partial charge is 0.319 e. The number of nitrogens with zero attached hydrogens (tertiary/aromatic N) is 2. The fourth-order valence-electron chi connectivity index (χ4n) is 3.07. The molecule has 0 radical (unpaired) electrons. The number of piperidine rings is 1. The smallest absolute Gasteiger partial charge is 0.289 e. The Balaban J connectivity index is 0.00000288. The lowest BCUT2D eigenvalue weighted by Gasteiger charge is -2.32. The standard InChI is InChI=1S/C15H23N3O4S.ClH/c1-11-6-7-14(18(19)20)15(12(11)2)23(21,22)17-8-4-5-13(10-17)9-16-3;/h6-7,13,16H,4-5,8-10H2,1-3H3;1H. The maximum Gasteiger partial charge on any atom is 0.289 e. The lowest BCUT2D eigenvalue weighted by Crippen LogP contribution is -2.42. The molecule has 1 aromatic rings. The Morgan fingerprint density at radius 2 is 2.04 bits per heavy atom. The fraction of sp³-hybridized carbons (Fsp3) is 0.600. The number of nitro groups is 1. The van der Waals surface area contributed by atoms with E-state index in [0.29, 0.717) is 18.7 Å². The van der Waals surface area contributed by atoms with Crippen LogP contribution in [0.2, 0.25) is 0 Å². The van der Waals surface area contributed by atoms with Crippen molar-refractivity contribution in [3.8, 4) is 0 Å². The molecule has 7 nitrogen and oxygen atoms in total. The fourth-order valence-corrected chi connectivity index (χ4v) is 5.06. The van der Waals surface area contributed by atoms with Gasteiger partial charge in [0.1, 0.15) is 0 Å². The van der Waals surface area contributed by atoms with Gasteiger partial charge in [-0.15, -0.1) is 12.4 Å². The average Bonchev–Trinajstić information content (AvgIpc) is 2.50. The summed E-state index contributed by atoms with van der Waals surface area (Å²) in [6, 6.07) is 2.87. The highest BCUT2D eigenvalue weighted by Crippen LogP contribution is 2.33. The molecule has 2 rings (SSSR count). The maximum absolute atomic E-state index is 13.0. The normalized spacial score (nSPS) is 18.9. The van der Waals surface area contributed by atoms with Crippen LogP contribution < -0.4 is 5.32 Å². The predicted molar refractivity (Wildman–Crippen MR) is 95.2 cm³/mol. The van der Waals surface area contributed by atoms with Crippen LogP contribution in [0.15, 0.2) is 17.0 Å². The number of nitro benzene ring substituents is 1. The highest BCUT2D eigenvalue weighted by atomic mass is 35.5. The number of halogens is 1. The first kappa shape index (κ1) is 20.8. The summed E-state index contributed by atoms with van der Waals surface area (Å²) in [4.78, 5) is 10.5. The van der Waals surface area contributed by atoms with Crippen LogP contribution in [-0.4, -0.2) is 44.3 Å². The van der Waals surface area contributed by atoms with E-state index in [-0.39, 0.29) is 28.9 Å². The van der Waals surface area contributed by atoms with Gasteiger partial charge in [0.2, 0.25) is 10.0 Å². The second kappa shape index (κ2) is 8.24. The first-order chi connectivity index (χ1) is 10.8. The molecule has 1 aliphatic rings. The van der Waals surface area contributed by atoms with Crippen LogP contribution in [0, 0.1) is 29.9 Å². The SMILES string of the molecule is CNCC1CCCN(S(=O)(=O)c2c([N+](=O)[O-])ccc(C)c2C)C1.Cl. The summed E-state index contributed by atoms with van der Waals surface area (Å²) in [7, 11) is -2.04. The Labute approximate surface area is 149 Å². The summed E-state index contributed by atoms with van der Waals surface area (Å²) >= 11 is 0. The molecule has 24 heavy (non-hydrogen) atoms. The lowest BCUT2D eigenvalue weighted by atomic mass is 10.00. The highest BCUT2D eigenvalue weighted by Gasteiger charge is 2.36. The maximum atomic E-state index is 13.0. The van der Waals surface area contributed by atoms with Gasteiger partial charge in [0.15, 0.2) is 4.90 Å². The molecule has 1 aliphatic heterocycles. The number of aryl methyl sites for hydroxylation is 1. The third-order valence-electron chi connectivity index (χ3n) is 4.43. The molecule has 9 heteroatoms. The quantitative estimate of drug-likeness (QED) is 0.627. The number of nitrogens with one attached hydrogen (secondary N) is 1. The molecule has 0 amide bonds. The minimum absolute atomic E-state index is 0. The van der Waals surface area contributed by atoms with E-state index in [1.54, 1.807) is 19.9 Å². The van der Waals surface area contributed by atoms with Crippen LogP contribution in [0.4, 0.5) is 5.69 Å². The van der Waals surface area contributed by atoms with Gasteiger partial charge in [-0.25, -0.2) is 8.42 Å². The first-order valence-electron chi connectivity index (χ1n) is 7.68. The van der Waals surface area contributed by atoms with Crippen LogP contribution in [0.5, 0.6) is 0 Å². The molecule has 1 N–H and O–H groups in total. The molecule has 1 aromatic carbocycles. The summed E-state index contributed by atoms with van der Waals surface area (Å²) in [5.74, 6) is 0.229. The van der Waals surface area contributed by atoms with Crippen molar-refractivity contribution in [2.45, 2.75) is 31.6 Å². The first-order valence-corrected chi connectivity index (χ1v) is 9.12. The second-order valence-electron chi connectivity index (χ2n) is 6.04. The van der Waals surface area contributed by atoms with Gasteiger partial charge in [-0.3, -0.25) is 10.1 Å². The molecule has 1 heterocycles. The topological polar surface area (TPSA) is 92.6 Å². The highest BCUT2D eigenvalue weighted by molar-refractivity contribution is 7.89. The molecule has 0 bridgehead atoms. The Kier molecular flexibility index (Phi) is 7.15. The van der Waals surface area contributed by atoms with E-state index < -0.39 is 14.9 Å². The molecule has 1 atom stereocenters. The zero-order valence-corrected chi connectivity index (χ0v) is 15.7. The van der Waals surface area contributed by atoms with Gasteiger partial charge in [-0.2, -0.15) is 4.31 Å². The Hall–Kier alpha value is -1.22. The summed E-state index contributed by atoms with van der Waals surface area (Å²) in [5, 5.41) is 14.4. The van der Waals surface area contributed by atoms with Crippen molar-refractivity contribution < 1.29 is 13.3 Å². The molecule has 0 spiro atoms. The molecular formula is C15H24ClN3O4S. The third-order valence-corrected chi connectivity index (χ3v) is 6.47. The second-order valence-corrected chi connectivity index (χ2v) is 7.92. The van der Waals surface area contributed by atoms with Crippen molar-refractivity contribution in [1.82, 2.24) is 9.62 Å². The van der Waals surface area contributed by atoms with Crippen molar-refractivity contribution in [2.75, 3.05) is 26.7 Å². The number of hydrogen-bond acceptors (Lipinski definition) is 5. The zero-order chi connectivity index (χ0) is 17.2. The number of rotatable bonds is 5. The van der Waals surface area contributed by atoms with E-state index in [0.717, 1.165) is 24.9 Å². The lowest BCUT2D eigenvalue weighted by molar-refractivity contribution is -0.388. The van der Waals surface area contributed by atoms with Crippen LogP contribution in [0.3, 0.4) is 0 Å². The summed E-state index contributed by atoms with van der Waals surface area (Å²) < 4.78 is 27.5. The van der Waals surface area contributed by atoms with E-state index in [1.807, 2.05) is 7.05 Å². The van der Waals surface area contributed by atoms with Crippen molar-refractivity contribution >= 4 is 28.1 Å². The number of benzene rings is 1. The number of hydrogen-bond donors (Lipinski definition) is 1. The molecule has 1 fully saturated rings. The van der Waals surface area contributed by atoms with E-state index in [2.05, 4.69) is 5.32 Å². The van der Waals surface area contributed by atoms with Gasteiger partial charge in [0.25, 0.3) is 5.69 Å². The Morgan fingerprint density at radius 3 is 2.62 bits per heavy atom. The Bertz CT molecular complexity index is 707. The zero-order valence-electron chi connectivity index (χ0n) is 14.1. The van der Waals surface area contributed by atoms with Crippen LogP contribution in [0.25, 0.3) is 0 Å². The van der Waals surface area contributed by atoms with Gasteiger partial charge >= 0.3 is 0 Å². The van der Waals surface area contributed by atoms with Crippen molar-refractivity contribution in [3.63, 3.8) is 0 Å². The molecule has 0 saturated carbocycles. The molecule has 1 unspecified atom stereocenters. The molecule has 0 aromatic heterocycles. The third kappa shape index (κ3) is 4.05. The number of sulfonamides is 1. The van der Waals surface area contributed by atoms with Crippen molar-refractivity contribution in [3.05, 3.63) is 33.4 Å². The van der Waals surface area contributed by atoms with E-state index in [9.17, 15) is 18.5 Å². The van der Waals surface area contributed by atoms with Crippen LogP contribution >= 0.6 is 12.4 Å². The average molecular weight is 378 g/mol. The van der Waals surface area contributed by atoms with Crippen LogP contribution in [0.1, 0.15) is 24.0 Å². The minimum Gasteiger partial charge on any atom is -0.319 e. The van der Waals surface area contributed by atoms with Crippen molar-refractivity contribution in [1.29, 1.82) is 0 Å². The predicted octanol–water partition coefficient (Wildman–Crippen LogP) is 2.25. The summed E-state index contributed by atoms with van der Waals surface area (Å²) in [6.45, 7) is 4.93. The molecule has 136 valence electrons. The van der Waals surface area contributed by atoms with E-state index >= 15 is 0 Å². The Morgan fingerprint density at radius 1 is 1.38 bits per heavy atom. The molecule has 1 saturated heterocycles. The monoisotopic (exact) mass is 377 g/mol.